The summed E-state index contributed by atoms with van der Waals surface area (Å²) < 4.78 is 12.8. The number of hydrogen-bond donors (Lipinski definition) is 2. The monoisotopic (exact) mass is 644 g/mol. The van der Waals surface area contributed by atoms with Crippen molar-refractivity contribution in [1.82, 2.24) is 0 Å². The molecular weight excluding hydrogens is 580 g/mol. The summed E-state index contributed by atoms with van der Waals surface area (Å²) in [5.41, 5.74) is 0. The smallest absolute Gasteiger partial charge is 0.310 e. The predicted octanol–water partition coefficient (Wildman–Crippen LogP) is 9.22. The van der Waals surface area contributed by atoms with Gasteiger partial charge in [0.05, 0.1) is 30.7 Å². The SMILES string of the molecule is O=C(O)C1CC(C2CCCCC2)CCC1C(=O)OC1CCC(C2CCC(OC3CCC(C4CCCCC4)CC3COO)CC2)CC1. The van der Waals surface area contributed by atoms with E-state index >= 15 is 0 Å². The maximum Gasteiger partial charge on any atom is 0.310 e. The third-order valence-electron chi connectivity index (χ3n) is 14.1. The molecule has 6 atom stereocenters. The average molecular weight is 645 g/mol. The molecule has 6 unspecified atom stereocenters. The van der Waals surface area contributed by atoms with Crippen molar-refractivity contribution in [1.29, 1.82) is 0 Å². The van der Waals surface area contributed by atoms with Gasteiger partial charge in [-0.25, -0.2) is 4.89 Å². The van der Waals surface area contributed by atoms with Crippen LogP contribution in [0.5, 0.6) is 0 Å². The van der Waals surface area contributed by atoms with Gasteiger partial charge >= 0.3 is 11.9 Å². The number of rotatable bonds is 10. The Kier molecular flexibility index (Phi) is 12.8. The third kappa shape index (κ3) is 8.88. The van der Waals surface area contributed by atoms with Gasteiger partial charge in [-0.1, -0.05) is 64.2 Å². The first kappa shape index (κ1) is 34.7. The Bertz CT molecular complexity index is 942. The molecule has 6 aliphatic carbocycles. The van der Waals surface area contributed by atoms with E-state index in [1.54, 1.807) is 0 Å². The fraction of sp³-hybridized carbons (Fsp3) is 0.949. The second-order valence-electron chi connectivity index (χ2n) is 16.7. The van der Waals surface area contributed by atoms with Gasteiger partial charge in [-0.2, -0.15) is 0 Å². The Labute approximate surface area is 278 Å². The molecule has 7 nitrogen and oxygen atoms in total. The first-order valence-electron chi connectivity index (χ1n) is 19.8. The molecule has 0 spiro atoms. The summed E-state index contributed by atoms with van der Waals surface area (Å²) >= 11 is 0. The highest BCUT2D eigenvalue weighted by atomic mass is 17.1. The summed E-state index contributed by atoms with van der Waals surface area (Å²) in [7, 11) is 0. The number of carbonyl (C=O) groups is 2. The summed E-state index contributed by atoms with van der Waals surface area (Å²) in [5, 5.41) is 19.4. The number of carboxylic acid groups (broad SMARTS) is 1. The van der Waals surface area contributed by atoms with Crippen molar-refractivity contribution < 1.29 is 34.3 Å². The van der Waals surface area contributed by atoms with Crippen molar-refractivity contribution in [2.45, 2.75) is 172 Å². The molecule has 262 valence electrons. The molecule has 2 N–H and O–H groups in total. The summed E-state index contributed by atoms with van der Waals surface area (Å²) in [6, 6.07) is 0. The van der Waals surface area contributed by atoms with Crippen LogP contribution in [0.1, 0.15) is 154 Å². The number of carboxylic acids is 1. The lowest BCUT2D eigenvalue weighted by atomic mass is 9.67. The van der Waals surface area contributed by atoms with Gasteiger partial charge in [0.2, 0.25) is 0 Å². The van der Waals surface area contributed by atoms with Crippen LogP contribution in [0.2, 0.25) is 0 Å². The van der Waals surface area contributed by atoms with Gasteiger partial charge in [-0.3, -0.25) is 14.8 Å². The largest absolute Gasteiger partial charge is 0.481 e. The van der Waals surface area contributed by atoms with Gasteiger partial charge in [0.1, 0.15) is 6.10 Å². The normalized spacial score (nSPS) is 40.3. The van der Waals surface area contributed by atoms with Gasteiger partial charge in [-0.05, 0) is 125 Å². The van der Waals surface area contributed by atoms with Gasteiger partial charge in [0.15, 0.2) is 0 Å². The maximum atomic E-state index is 13.3. The third-order valence-corrected chi connectivity index (χ3v) is 14.1. The van der Waals surface area contributed by atoms with Crippen molar-refractivity contribution in [3.63, 3.8) is 0 Å². The molecule has 0 aromatic rings. The quantitative estimate of drug-likeness (QED) is 0.139. The van der Waals surface area contributed by atoms with E-state index in [4.69, 9.17) is 14.4 Å². The number of ether oxygens (including phenoxy) is 2. The highest BCUT2D eigenvalue weighted by molar-refractivity contribution is 5.81. The topological polar surface area (TPSA) is 102 Å². The molecule has 7 heteroatoms. The Morgan fingerprint density at radius 3 is 1.59 bits per heavy atom. The molecule has 0 heterocycles. The van der Waals surface area contributed by atoms with E-state index in [0.29, 0.717) is 49.2 Å². The van der Waals surface area contributed by atoms with Crippen LogP contribution in [0.15, 0.2) is 0 Å². The first-order chi connectivity index (χ1) is 22.5. The van der Waals surface area contributed by atoms with Crippen molar-refractivity contribution in [3.8, 4) is 0 Å². The van der Waals surface area contributed by atoms with Crippen LogP contribution >= 0.6 is 0 Å². The van der Waals surface area contributed by atoms with E-state index < -0.39 is 17.8 Å². The van der Waals surface area contributed by atoms with Crippen molar-refractivity contribution in [2.75, 3.05) is 6.61 Å². The van der Waals surface area contributed by atoms with E-state index in [0.717, 1.165) is 75.5 Å². The molecule has 0 amide bonds. The molecule has 0 aromatic heterocycles. The van der Waals surface area contributed by atoms with Crippen LogP contribution in [0.4, 0.5) is 0 Å². The molecule has 0 aliphatic heterocycles. The van der Waals surface area contributed by atoms with E-state index in [2.05, 4.69) is 0 Å². The summed E-state index contributed by atoms with van der Waals surface area (Å²) in [6.07, 6.45) is 28.2. The molecule has 46 heavy (non-hydrogen) atoms. The lowest BCUT2D eigenvalue weighted by Gasteiger charge is -2.43. The van der Waals surface area contributed by atoms with Crippen molar-refractivity contribution >= 4 is 11.9 Å². The first-order valence-corrected chi connectivity index (χ1v) is 19.8. The minimum absolute atomic E-state index is 0.0525. The highest BCUT2D eigenvalue weighted by Gasteiger charge is 2.44. The number of esters is 1. The Balaban J connectivity index is 0.905. The minimum atomic E-state index is -0.810. The fourth-order valence-electron chi connectivity index (χ4n) is 11.4. The average Bonchev–Trinajstić information content (AvgIpc) is 3.10. The van der Waals surface area contributed by atoms with Crippen LogP contribution in [0.3, 0.4) is 0 Å². The van der Waals surface area contributed by atoms with Crippen LogP contribution in [0.25, 0.3) is 0 Å². The van der Waals surface area contributed by atoms with Gasteiger partial charge < -0.3 is 14.6 Å². The van der Waals surface area contributed by atoms with Crippen molar-refractivity contribution in [2.24, 2.45) is 53.3 Å². The Hall–Kier alpha value is -1.18. The second kappa shape index (κ2) is 17.0. The lowest BCUT2D eigenvalue weighted by Crippen LogP contribution is -2.41. The van der Waals surface area contributed by atoms with Gasteiger partial charge in [0, 0.05) is 5.92 Å². The van der Waals surface area contributed by atoms with E-state index in [-0.39, 0.29) is 18.2 Å². The lowest BCUT2D eigenvalue weighted by molar-refractivity contribution is -0.262. The zero-order chi connectivity index (χ0) is 31.9. The predicted molar refractivity (Wildman–Crippen MR) is 177 cm³/mol. The number of aliphatic carboxylic acids is 1. The zero-order valence-electron chi connectivity index (χ0n) is 28.5. The van der Waals surface area contributed by atoms with E-state index in [1.165, 1.54) is 83.5 Å². The van der Waals surface area contributed by atoms with Crippen LogP contribution < -0.4 is 0 Å². The van der Waals surface area contributed by atoms with Crippen LogP contribution in [0, 0.1) is 53.3 Å². The molecular formula is C39H64O7. The van der Waals surface area contributed by atoms with Crippen molar-refractivity contribution in [3.05, 3.63) is 0 Å². The number of hydrogen-bond acceptors (Lipinski definition) is 6. The van der Waals surface area contributed by atoms with Gasteiger partial charge in [0.25, 0.3) is 0 Å². The minimum Gasteiger partial charge on any atom is -0.481 e. The molecule has 0 bridgehead atoms. The molecule has 6 fully saturated rings. The zero-order valence-corrected chi connectivity index (χ0v) is 28.5. The van der Waals surface area contributed by atoms with Crippen LogP contribution in [-0.4, -0.2) is 47.2 Å². The Morgan fingerprint density at radius 1 is 0.522 bits per heavy atom. The maximum absolute atomic E-state index is 13.3. The fourth-order valence-corrected chi connectivity index (χ4v) is 11.4. The summed E-state index contributed by atoms with van der Waals surface area (Å²) in [4.78, 5) is 30.2. The summed E-state index contributed by atoms with van der Waals surface area (Å²) in [6.45, 7) is 0.399. The van der Waals surface area contributed by atoms with E-state index in [9.17, 15) is 20.0 Å². The highest BCUT2D eigenvalue weighted by Crippen LogP contribution is 2.46. The second-order valence-corrected chi connectivity index (χ2v) is 16.7. The Morgan fingerprint density at radius 2 is 1.02 bits per heavy atom. The molecule has 0 aromatic carbocycles. The summed E-state index contributed by atoms with van der Waals surface area (Å²) in [5.74, 6) is 2.34. The molecule has 0 radical (unpaired) electrons. The molecule has 6 aliphatic rings. The van der Waals surface area contributed by atoms with E-state index in [1.807, 2.05) is 0 Å². The number of carbonyl (C=O) groups excluding carboxylic acids is 1. The van der Waals surface area contributed by atoms with Gasteiger partial charge in [-0.15, -0.1) is 0 Å². The standard InChI is InChI=1S/C39H64O7/c40-38(41)36-24-31(27-9-5-2-6-10-27)15-21-35(36)39(42)46-34-19-13-29(14-20-34)28-11-17-33(18-12-28)45-37-22-16-30(23-32(37)25-44-43)26-7-3-1-4-8-26/h26-37,43H,1-25H2,(H,40,41). The molecule has 6 saturated carbocycles. The van der Waals surface area contributed by atoms with Crippen LogP contribution in [-0.2, 0) is 24.0 Å². The molecule has 6 rings (SSSR count). The molecule has 0 saturated heterocycles.